The molecule has 1 saturated heterocycles. The number of hydrogen-bond donors (Lipinski definition) is 1. The van der Waals surface area contributed by atoms with Crippen LogP contribution in [0.2, 0.25) is 0 Å². The van der Waals surface area contributed by atoms with Gasteiger partial charge >= 0.3 is 7.12 Å². The molecule has 0 aliphatic carbocycles. The van der Waals surface area contributed by atoms with Crippen molar-refractivity contribution in [2.75, 3.05) is 5.32 Å². The standard InChI is InChI=1S/C17H24BNO3/c1-7-15(20)19-14-11-9-8-10-13(14)18-21-16(4,5)17(6,22-18)12(2)3/h7-12H,1H2,2-6H3,(H,19,20). The van der Waals surface area contributed by atoms with Gasteiger partial charge in [0.2, 0.25) is 5.91 Å². The van der Waals surface area contributed by atoms with Gasteiger partial charge in [0.15, 0.2) is 0 Å². The van der Waals surface area contributed by atoms with Crippen LogP contribution in [-0.4, -0.2) is 24.2 Å². The summed E-state index contributed by atoms with van der Waals surface area (Å²) in [6, 6.07) is 7.51. The summed E-state index contributed by atoms with van der Waals surface area (Å²) in [5, 5.41) is 2.80. The van der Waals surface area contributed by atoms with E-state index in [1.54, 1.807) is 0 Å². The van der Waals surface area contributed by atoms with Gasteiger partial charge in [0, 0.05) is 11.2 Å². The molecule has 1 aromatic carbocycles. The van der Waals surface area contributed by atoms with E-state index in [2.05, 4.69) is 32.7 Å². The van der Waals surface area contributed by atoms with Gasteiger partial charge in [-0.3, -0.25) is 4.79 Å². The lowest BCUT2D eigenvalue weighted by molar-refractivity contribution is -0.111. The van der Waals surface area contributed by atoms with E-state index in [0.717, 1.165) is 5.46 Å². The molecule has 1 aromatic rings. The number of amides is 1. The van der Waals surface area contributed by atoms with Crippen LogP contribution in [0.25, 0.3) is 0 Å². The van der Waals surface area contributed by atoms with Gasteiger partial charge in [0.25, 0.3) is 0 Å². The van der Waals surface area contributed by atoms with Crippen molar-refractivity contribution in [1.29, 1.82) is 0 Å². The molecule has 1 atom stereocenters. The molecule has 118 valence electrons. The van der Waals surface area contributed by atoms with E-state index in [1.165, 1.54) is 6.08 Å². The molecule has 1 aliphatic rings. The zero-order valence-electron chi connectivity index (χ0n) is 14.0. The highest BCUT2D eigenvalue weighted by atomic mass is 16.7. The van der Waals surface area contributed by atoms with Crippen molar-refractivity contribution in [2.24, 2.45) is 5.92 Å². The first-order valence-electron chi connectivity index (χ1n) is 7.59. The van der Waals surface area contributed by atoms with Gasteiger partial charge in [-0.05, 0) is 38.8 Å². The number of nitrogens with one attached hydrogen (secondary N) is 1. The molecule has 0 saturated carbocycles. The summed E-state index contributed by atoms with van der Waals surface area (Å²) in [5.41, 5.74) is 0.658. The third-order valence-corrected chi connectivity index (χ3v) is 4.71. The van der Waals surface area contributed by atoms with E-state index in [0.29, 0.717) is 11.6 Å². The molecule has 2 rings (SSSR count). The lowest BCUT2D eigenvalue weighted by atomic mass is 9.77. The maximum absolute atomic E-state index is 11.6. The minimum Gasteiger partial charge on any atom is -0.399 e. The number of anilines is 1. The van der Waals surface area contributed by atoms with Gasteiger partial charge in [0.05, 0.1) is 11.2 Å². The Balaban J connectivity index is 2.35. The zero-order valence-corrected chi connectivity index (χ0v) is 14.0. The lowest BCUT2D eigenvalue weighted by Gasteiger charge is -2.39. The van der Waals surface area contributed by atoms with Crippen molar-refractivity contribution in [3.63, 3.8) is 0 Å². The Morgan fingerprint density at radius 2 is 1.91 bits per heavy atom. The minimum atomic E-state index is -0.510. The van der Waals surface area contributed by atoms with Crippen molar-refractivity contribution < 1.29 is 14.1 Å². The third kappa shape index (κ3) is 2.83. The Hall–Kier alpha value is -1.59. The van der Waals surface area contributed by atoms with Crippen molar-refractivity contribution in [3.05, 3.63) is 36.9 Å². The van der Waals surface area contributed by atoms with Crippen LogP contribution in [0.4, 0.5) is 5.69 Å². The van der Waals surface area contributed by atoms with Crippen LogP contribution in [0.1, 0.15) is 34.6 Å². The first kappa shape index (κ1) is 16.8. The molecule has 1 aliphatic heterocycles. The van der Waals surface area contributed by atoms with Crippen LogP contribution in [0.3, 0.4) is 0 Å². The molecule has 4 nitrogen and oxygen atoms in total. The lowest BCUT2D eigenvalue weighted by Crippen LogP contribution is -2.48. The Kier molecular flexibility index (Phi) is 4.50. The van der Waals surface area contributed by atoms with E-state index in [4.69, 9.17) is 9.31 Å². The van der Waals surface area contributed by atoms with E-state index in [-0.39, 0.29) is 5.91 Å². The molecule has 1 N–H and O–H groups in total. The summed E-state index contributed by atoms with van der Waals surface area (Å²) in [6.07, 6.45) is 1.25. The van der Waals surface area contributed by atoms with E-state index >= 15 is 0 Å². The second-order valence-electron chi connectivity index (χ2n) is 6.62. The molecule has 1 heterocycles. The van der Waals surface area contributed by atoms with Gasteiger partial charge < -0.3 is 14.6 Å². The molecule has 0 radical (unpaired) electrons. The number of carbonyl (C=O) groups is 1. The molecule has 0 aromatic heterocycles. The van der Waals surface area contributed by atoms with Crippen LogP contribution in [0.5, 0.6) is 0 Å². The first-order valence-corrected chi connectivity index (χ1v) is 7.59. The molecule has 22 heavy (non-hydrogen) atoms. The normalized spacial score (nSPS) is 23.6. The average Bonchev–Trinajstić information content (AvgIpc) is 2.70. The van der Waals surface area contributed by atoms with E-state index in [1.807, 2.05) is 38.1 Å². The van der Waals surface area contributed by atoms with Gasteiger partial charge in [-0.2, -0.15) is 0 Å². The van der Waals surface area contributed by atoms with Crippen LogP contribution < -0.4 is 10.8 Å². The minimum absolute atomic E-state index is 0.253. The van der Waals surface area contributed by atoms with E-state index < -0.39 is 18.3 Å². The molecule has 5 heteroatoms. The summed E-state index contributed by atoms with van der Waals surface area (Å²) < 4.78 is 12.4. The fraction of sp³-hybridized carbons (Fsp3) is 0.471. The molecule has 1 fully saturated rings. The monoisotopic (exact) mass is 301 g/mol. The van der Waals surface area contributed by atoms with Crippen LogP contribution >= 0.6 is 0 Å². The predicted molar refractivity (Wildman–Crippen MR) is 90.1 cm³/mol. The van der Waals surface area contributed by atoms with Crippen molar-refractivity contribution >= 4 is 24.2 Å². The summed E-state index contributed by atoms with van der Waals surface area (Å²) >= 11 is 0. The molecule has 0 spiro atoms. The molecule has 0 bridgehead atoms. The van der Waals surface area contributed by atoms with Gasteiger partial charge in [-0.25, -0.2) is 0 Å². The zero-order chi connectivity index (χ0) is 16.5. The molecule has 1 unspecified atom stereocenters. The second kappa shape index (κ2) is 5.90. The fourth-order valence-electron chi connectivity index (χ4n) is 2.73. The molecular weight excluding hydrogens is 277 g/mol. The Morgan fingerprint density at radius 1 is 1.27 bits per heavy atom. The number of rotatable bonds is 4. The topological polar surface area (TPSA) is 47.6 Å². The maximum atomic E-state index is 11.6. The highest BCUT2D eigenvalue weighted by Crippen LogP contribution is 2.42. The van der Waals surface area contributed by atoms with Crippen molar-refractivity contribution in [3.8, 4) is 0 Å². The van der Waals surface area contributed by atoms with Crippen LogP contribution in [0.15, 0.2) is 36.9 Å². The van der Waals surface area contributed by atoms with E-state index in [9.17, 15) is 4.79 Å². The SMILES string of the molecule is C=CC(=O)Nc1ccccc1B1OC(C)(C)C(C)(C(C)C)O1. The first-order chi connectivity index (χ1) is 10.2. The average molecular weight is 301 g/mol. The predicted octanol–water partition coefficient (Wildman–Crippen LogP) is 2.75. The summed E-state index contributed by atoms with van der Waals surface area (Å²) in [6.45, 7) is 13.9. The number of benzene rings is 1. The Labute approximate surface area is 133 Å². The van der Waals surface area contributed by atoms with Gasteiger partial charge in [-0.15, -0.1) is 0 Å². The Morgan fingerprint density at radius 3 is 2.45 bits per heavy atom. The largest absolute Gasteiger partial charge is 0.496 e. The number of para-hydroxylation sites is 1. The third-order valence-electron chi connectivity index (χ3n) is 4.71. The fourth-order valence-corrected chi connectivity index (χ4v) is 2.73. The Bertz CT molecular complexity index is 585. The van der Waals surface area contributed by atoms with Gasteiger partial charge in [0.1, 0.15) is 0 Å². The van der Waals surface area contributed by atoms with Crippen molar-refractivity contribution in [1.82, 2.24) is 0 Å². The number of hydrogen-bond acceptors (Lipinski definition) is 3. The highest BCUT2D eigenvalue weighted by molar-refractivity contribution is 6.64. The summed E-state index contributed by atoms with van der Waals surface area (Å²) in [4.78, 5) is 11.6. The molecular formula is C17H24BNO3. The quantitative estimate of drug-likeness (QED) is 0.687. The van der Waals surface area contributed by atoms with Crippen LogP contribution in [-0.2, 0) is 14.1 Å². The maximum Gasteiger partial charge on any atom is 0.496 e. The van der Waals surface area contributed by atoms with Crippen molar-refractivity contribution in [2.45, 2.75) is 45.8 Å². The molecule has 1 amide bonds. The van der Waals surface area contributed by atoms with Gasteiger partial charge in [-0.1, -0.05) is 38.6 Å². The van der Waals surface area contributed by atoms with Crippen LogP contribution in [0, 0.1) is 5.92 Å². The smallest absolute Gasteiger partial charge is 0.399 e. The highest BCUT2D eigenvalue weighted by Gasteiger charge is 2.56. The summed E-state index contributed by atoms with van der Waals surface area (Å²) in [7, 11) is -0.510. The second-order valence-corrected chi connectivity index (χ2v) is 6.62. The number of carbonyl (C=O) groups excluding carboxylic acids is 1. The summed E-state index contributed by atoms with van der Waals surface area (Å²) in [5.74, 6) is 0.0405.